The maximum atomic E-state index is 11.9. The summed E-state index contributed by atoms with van der Waals surface area (Å²) in [5.74, 6) is 0.522. The molecule has 2 aromatic carbocycles. The number of esters is 1. The van der Waals surface area contributed by atoms with E-state index in [0.29, 0.717) is 22.1 Å². The molecule has 0 spiro atoms. The molecule has 0 saturated heterocycles. The molecule has 5 heteroatoms. The number of methoxy groups -OCH3 is 1. The molecule has 0 saturated carbocycles. The summed E-state index contributed by atoms with van der Waals surface area (Å²) in [5.41, 5.74) is 0.369. The normalized spacial score (nSPS) is 10.1. The largest absolute Gasteiger partial charge is 0.495 e. The van der Waals surface area contributed by atoms with Gasteiger partial charge in [0.05, 0.1) is 17.7 Å². The van der Waals surface area contributed by atoms with Gasteiger partial charge in [-0.1, -0.05) is 27.5 Å². The van der Waals surface area contributed by atoms with Crippen LogP contribution >= 0.6 is 27.5 Å². The van der Waals surface area contributed by atoms with Crippen molar-refractivity contribution in [1.29, 1.82) is 0 Å². The zero-order valence-corrected chi connectivity index (χ0v) is 12.4. The molecule has 2 rings (SSSR count). The average Bonchev–Trinajstić information content (AvgIpc) is 2.41. The summed E-state index contributed by atoms with van der Waals surface area (Å²) in [6.45, 7) is 0. The van der Waals surface area contributed by atoms with Crippen molar-refractivity contribution in [3.05, 3.63) is 57.5 Å². The van der Waals surface area contributed by atoms with Crippen LogP contribution in [0.25, 0.3) is 0 Å². The molecule has 0 unspecified atom stereocenters. The van der Waals surface area contributed by atoms with Crippen LogP contribution in [-0.4, -0.2) is 13.1 Å². The van der Waals surface area contributed by atoms with Crippen LogP contribution in [0.3, 0.4) is 0 Å². The van der Waals surface area contributed by atoms with E-state index in [2.05, 4.69) is 15.9 Å². The van der Waals surface area contributed by atoms with Crippen molar-refractivity contribution in [2.24, 2.45) is 0 Å². The van der Waals surface area contributed by atoms with Gasteiger partial charge in [0.25, 0.3) is 0 Å². The van der Waals surface area contributed by atoms with Crippen molar-refractivity contribution >= 4 is 33.5 Å². The molecule has 0 bridgehead atoms. The van der Waals surface area contributed by atoms with Gasteiger partial charge in [-0.25, -0.2) is 4.79 Å². The second-order valence-electron chi connectivity index (χ2n) is 3.69. The van der Waals surface area contributed by atoms with E-state index in [0.717, 1.165) is 4.47 Å². The van der Waals surface area contributed by atoms with Gasteiger partial charge in [-0.05, 0) is 42.5 Å². The van der Waals surface area contributed by atoms with Crippen molar-refractivity contribution in [1.82, 2.24) is 0 Å². The summed E-state index contributed by atoms with van der Waals surface area (Å²) in [4.78, 5) is 11.9. The monoisotopic (exact) mass is 340 g/mol. The number of hydrogen-bond donors (Lipinski definition) is 0. The predicted molar refractivity (Wildman–Crippen MR) is 77.1 cm³/mol. The van der Waals surface area contributed by atoms with Crippen LogP contribution in [0.1, 0.15) is 10.4 Å². The molecule has 98 valence electrons. The molecule has 0 N–H and O–H groups in total. The highest BCUT2D eigenvalue weighted by atomic mass is 79.9. The molecule has 0 aliphatic carbocycles. The fourth-order valence-electron chi connectivity index (χ4n) is 1.46. The molecule has 19 heavy (non-hydrogen) atoms. The Kier molecular flexibility index (Phi) is 4.45. The Morgan fingerprint density at radius 3 is 2.42 bits per heavy atom. The molecule has 0 aliphatic rings. The number of halogens is 2. The molecule has 3 nitrogen and oxygen atoms in total. The second kappa shape index (κ2) is 6.08. The van der Waals surface area contributed by atoms with E-state index < -0.39 is 5.97 Å². The van der Waals surface area contributed by atoms with Crippen LogP contribution in [0.4, 0.5) is 0 Å². The standard InChI is InChI=1S/C14H10BrClO3/c1-18-13-7-2-9(8-12(13)16)14(17)19-11-5-3-10(15)4-6-11/h2-8H,1H3. The van der Waals surface area contributed by atoms with Gasteiger partial charge >= 0.3 is 5.97 Å². The van der Waals surface area contributed by atoms with Crippen LogP contribution in [0, 0.1) is 0 Å². The maximum absolute atomic E-state index is 11.9. The summed E-state index contributed by atoms with van der Waals surface area (Å²) in [5, 5.41) is 0.368. The third-order valence-corrected chi connectivity index (χ3v) is 3.24. The minimum Gasteiger partial charge on any atom is -0.495 e. The van der Waals surface area contributed by atoms with E-state index in [4.69, 9.17) is 21.1 Å². The Bertz CT molecular complexity index is 596. The molecular formula is C14H10BrClO3. The molecule has 0 radical (unpaired) electrons. The highest BCUT2D eigenvalue weighted by Gasteiger charge is 2.11. The van der Waals surface area contributed by atoms with Crippen LogP contribution in [0.15, 0.2) is 46.9 Å². The van der Waals surface area contributed by atoms with Crippen LogP contribution in [0.5, 0.6) is 11.5 Å². The Labute approximate surface area is 124 Å². The van der Waals surface area contributed by atoms with Gasteiger partial charge in [0, 0.05) is 4.47 Å². The van der Waals surface area contributed by atoms with E-state index in [1.165, 1.54) is 13.2 Å². The Morgan fingerprint density at radius 1 is 1.16 bits per heavy atom. The van der Waals surface area contributed by atoms with Crippen LogP contribution in [-0.2, 0) is 0 Å². The van der Waals surface area contributed by atoms with E-state index >= 15 is 0 Å². The summed E-state index contributed by atoms with van der Waals surface area (Å²) < 4.78 is 11.2. The smallest absolute Gasteiger partial charge is 0.343 e. The van der Waals surface area contributed by atoms with Gasteiger partial charge < -0.3 is 9.47 Å². The van der Waals surface area contributed by atoms with E-state index in [1.54, 1.807) is 36.4 Å². The van der Waals surface area contributed by atoms with E-state index in [1.807, 2.05) is 0 Å². The van der Waals surface area contributed by atoms with Crippen molar-refractivity contribution in [3.63, 3.8) is 0 Å². The zero-order chi connectivity index (χ0) is 13.8. The molecule has 0 fully saturated rings. The van der Waals surface area contributed by atoms with Crippen molar-refractivity contribution in [2.75, 3.05) is 7.11 Å². The molecular weight excluding hydrogens is 332 g/mol. The average molecular weight is 342 g/mol. The minimum atomic E-state index is -0.466. The predicted octanol–water partition coefficient (Wildman–Crippen LogP) is 4.33. The lowest BCUT2D eigenvalue weighted by Gasteiger charge is -2.07. The van der Waals surface area contributed by atoms with Gasteiger partial charge in [-0.2, -0.15) is 0 Å². The molecule has 0 aliphatic heterocycles. The van der Waals surface area contributed by atoms with Gasteiger partial charge in [-0.3, -0.25) is 0 Å². The van der Waals surface area contributed by atoms with E-state index in [9.17, 15) is 4.79 Å². The first kappa shape index (κ1) is 13.9. The van der Waals surface area contributed by atoms with Gasteiger partial charge in [-0.15, -0.1) is 0 Å². The quantitative estimate of drug-likeness (QED) is 0.616. The first-order valence-electron chi connectivity index (χ1n) is 5.41. The fraction of sp³-hybridized carbons (Fsp3) is 0.0714. The number of ether oxygens (including phenoxy) is 2. The highest BCUT2D eigenvalue weighted by Crippen LogP contribution is 2.25. The second-order valence-corrected chi connectivity index (χ2v) is 5.02. The third kappa shape index (κ3) is 3.49. The minimum absolute atomic E-state index is 0.368. The summed E-state index contributed by atoms with van der Waals surface area (Å²) in [7, 11) is 1.51. The highest BCUT2D eigenvalue weighted by molar-refractivity contribution is 9.10. The Hall–Kier alpha value is -1.52. The number of hydrogen-bond acceptors (Lipinski definition) is 3. The van der Waals surface area contributed by atoms with Crippen molar-refractivity contribution < 1.29 is 14.3 Å². The van der Waals surface area contributed by atoms with Gasteiger partial charge in [0.1, 0.15) is 11.5 Å². The lowest BCUT2D eigenvalue weighted by molar-refractivity contribution is 0.0734. The number of carbonyl (C=O) groups excluding carboxylic acids is 1. The topological polar surface area (TPSA) is 35.5 Å². The molecule has 0 heterocycles. The molecule has 0 atom stereocenters. The van der Waals surface area contributed by atoms with Crippen LogP contribution < -0.4 is 9.47 Å². The van der Waals surface area contributed by atoms with Crippen molar-refractivity contribution in [2.45, 2.75) is 0 Å². The number of rotatable bonds is 3. The first-order chi connectivity index (χ1) is 9.10. The molecule has 2 aromatic rings. The lowest BCUT2D eigenvalue weighted by atomic mass is 10.2. The van der Waals surface area contributed by atoms with E-state index in [-0.39, 0.29) is 0 Å². The Balaban J connectivity index is 2.16. The van der Waals surface area contributed by atoms with Crippen molar-refractivity contribution in [3.8, 4) is 11.5 Å². The van der Waals surface area contributed by atoms with Gasteiger partial charge in [0.2, 0.25) is 0 Å². The summed E-state index contributed by atoms with van der Waals surface area (Å²) in [6.07, 6.45) is 0. The SMILES string of the molecule is COc1ccc(C(=O)Oc2ccc(Br)cc2)cc1Cl. The number of benzene rings is 2. The maximum Gasteiger partial charge on any atom is 0.343 e. The van der Waals surface area contributed by atoms with Gasteiger partial charge in [0.15, 0.2) is 0 Å². The lowest BCUT2D eigenvalue weighted by Crippen LogP contribution is -2.08. The third-order valence-electron chi connectivity index (χ3n) is 2.41. The Morgan fingerprint density at radius 2 is 1.84 bits per heavy atom. The molecule has 0 aromatic heterocycles. The molecule has 0 amide bonds. The fourth-order valence-corrected chi connectivity index (χ4v) is 1.98. The number of carbonyl (C=O) groups is 1. The summed E-state index contributed by atoms with van der Waals surface area (Å²) in [6, 6.07) is 11.7. The first-order valence-corrected chi connectivity index (χ1v) is 6.58. The zero-order valence-electron chi connectivity index (χ0n) is 10.0. The summed E-state index contributed by atoms with van der Waals surface area (Å²) >= 11 is 9.27. The van der Waals surface area contributed by atoms with Crippen LogP contribution in [0.2, 0.25) is 5.02 Å².